The van der Waals surface area contributed by atoms with E-state index in [2.05, 4.69) is 15.3 Å². The van der Waals surface area contributed by atoms with Gasteiger partial charge >= 0.3 is 12.1 Å². The van der Waals surface area contributed by atoms with Crippen molar-refractivity contribution in [1.29, 1.82) is 0 Å². The number of carboxylic acids is 1. The molecule has 0 saturated carbocycles. The Balaban J connectivity index is 1.70. The summed E-state index contributed by atoms with van der Waals surface area (Å²) in [7, 11) is 0. The van der Waals surface area contributed by atoms with E-state index in [0.717, 1.165) is 22.2 Å². The zero-order valence-corrected chi connectivity index (χ0v) is 16.6. The summed E-state index contributed by atoms with van der Waals surface area (Å²) in [6.07, 6.45) is 1.55. The van der Waals surface area contributed by atoms with E-state index < -0.39 is 17.7 Å². The number of benzene rings is 1. The lowest BCUT2D eigenvalue weighted by atomic mass is 10.0. The fraction of sp³-hybridized carbons (Fsp3) is 0.273. The lowest BCUT2D eigenvalue weighted by Gasteiger charge is -2.19. The first-order valence-corrected chi connectivity index (χ1v) is 9.23. The predicted octanol–water partition coefficient (Wildman–Crippen LogP) is 3.94. The highest BCUT2D eigenvalue weighted by Crippen LogP contribution is 2.18. The average Bonchev–Trinajstić information content (AvgIpc) is 2.65. The van der Waals surface area contributed by atoms with Crippen molar-refractivity contribution in [2.45, 2.75) is 39.3 Å². The minimum atomic E-state index is -0.969. The number of rotatable bonds is 5. The van der Waals surface area contributed by atoms with Crippen LogP contribution in [0.3, 0.4) is 0 Å². The van der Waals surface area contributed by atoms with Gasteiger partial charge in [0.1, 0.15) is 5.60 Å². The second-order valence-corrected chi connectivity index (χ2v) is 7.70. The third-order valence-corrected chi connectivity index (χ3v) is 4.07. The Morgan fingerprint density at radius 3 is 2.59 bits per heavy atom. The highest BCUT2D eigenvalue weighted by atomic mass is 16.6. The summed E-state index contributed by atoms with van der Waals surface area (Å²) in [6.45, 7) is 5.71. The molecule has 0 aliphatic rings. The largest absolute Gasteiger partial charge is 0.478 e. The molecule has 2 N–H and O–H groups in total. The van der Waals surface area contributed by atoms with Crippen molar-refractivity contribution in [3.8, 4) is 0 Å². The summed E-state index contributed by atoms with van der Waals surface area (Å²) in [5.74, 6) is -0.969. The first-order chi connectivity index (χ1) is 13.7. The summed E-state index contributed by atoms with van der Waals surface area (Å²) in [6, 6.07) is 12.7. The van der Waals surface area contributed by atoms with Crippen LogP contribution in [0.15, 0.2) is 48.7 Å². The van der Waals surface area contributed by atoms with Gasteiger partial charge in [-0.15, -0.1) is 0 Å². The van der Waals surface area contributed by atoms with E-state index in [1.807, 2.05) is 51.1 Å². The maximum atomic E-state index is 11.8. The van der Waals surface area contributed by atoms with Crippen LogP contribution in [-0.2, 0) is 17.7 Å². The molecule has 3 aromatic rings. The van der Waals surface area contributed by atoms with E-state index in [1.165, 1.54) is 12.3 Å². The fourth-order valence-corrected chi connectivity index (χ4v) is 2.82. The van der Waals surface area contributed by atoms with Gasteiger partial charge in [-0.3, -0.25) is 9.97 Å². The van der Waals surface area contributed by atoms with Gasteiger partial charge in [-0.1, -0.05) is 12.1 Å². The van der Waals surface area contributed by atoms with E-state index in [1.54, 1.807) is 6.07 Å². The molecule has 0 unspecified atom stereocenters. The Bertz CT molecular complexity index is 1060. The minimum absolute atomic E-state index is 0.222. The average molecular weight is 393 g/mol. The molecule has 0 aliphatic heterocycles. The first kappa shape index (κ1) is 20.3. The number of alkyl carbamates (subject to hydrolysis) is 1. The zero-order valence-electron chi connectivity index (χ0n) is 16.6. The molecule has 7 heteroatoms. The molecule has 0 radical (unpaired) electrons. The molecule has 0 aliphatic carbocycles. The van der Waals surface area contributed by atoms with Gasteiger partial charge in [-0.2, -0.15) is 0 Å². The van der Waals surface area contributed by atoms with Crippen molar-refractivity contribution in [2.75, 3.05) is 0 Å². The monoisotopic (exact) mass is 393 g/mol. The first-order valence-electron chi connectivity index (χ1n) is 9.23. The number of fused-ring (bicyclic) bond motifs is 1. The summed E-state index contributed by atoms with van der Waals surface area (Å²) < 4.78 is 5.22. The molecule has 7 nitrogen and oxygen atoms in total. The molecular formula is C22H23N3O4. The van der Waals surface area contributed by atoms with E-state index in [9.17, 15) is 9.59 Å². The standard InChI is InChI=1S/C22H23N3O4/c1-22(2,3)29-21(28)24-13-17-6-5-15-10-14(4-7-19(15)25-17)11-18-12-16(20(26)27)8-9-23-18/h4-10,12H,11,13H2,1-3H3,(H,24,28)(H,26,27). The van der Waals surface area contributed by atoms with Crippen LogP contribution in [0.5, 0.6) is 0 Å². The van der Waals surface area contributed by atoms with Crippen LogP contribution < -0.4 is 5.32 Å². The van der Waals surface area contributed by atoms with Crippen molar-refractivity contribution in [3.05, 3.63) is 71.2 Å². The van der Waals surface area contributed by atoms with Gasteiger partial charge in [0.15, 0.2) is 0 Å². The predicted molar refractivity (Wildman–Crippen MR) is 109 cm³/mol. The number of hydrogen-bond donors (Lipinski definition) is 2. The molecule has 2 heterocycles. The van der Waals surface area contributed by atoms with Crippen LogP contribution in [0.2, 0.25) is 0 Å². The number of aromatic carboxylic acids is 1. The Kier molecular flexibility index (Phi) is 5.77. The molecule has 0 atom stereocenters. The maximum absolute atomic E-state index is 11.8. The fourth-order valence-electron chi connectivity index (χ4n) is 2.82. The molecule has 0 fully saturated rings. The number of nitrogens with zero attached hydrogens (tertiary/aromatic N) is 2. The number of ether oxygens (including phenoxy) is 1. The molecule has 1 aromatic carbocycles. The quantitative estimate of drug-likeness (QED) is 0.681. The van der Waals surface area contributed by atoms with Crippen LogP contribution in [0.4, 0.5) is 4.79 Å². The van der Waals surface area contributed by atoms with Crippen LogP contribution in [-0.4, -0.2) is 32.7 Å². The third-order valence-electron chi connectivity index (χ3n) is 4.07. The van der Waals surface area contributed by atoms with Gasteiger partial charge in [0.05, 0.1) is 23.3 Å². The molecule has 150 valence electrons. The SMILES string of the molecule is CC(C)(C)OC(=O)NCc1ccc2cc(Cc3cc(C(=O)O)ccn3)ccc2n1. The van der Waals surface area contributed by atoms with E-state index in [-0.39, 0.29) is 12.1 Å². The molecule has 0 spiro atoms. The molecule has 29 heavy (non-hydrogen) atoms. The van der Waals surface area contributed by atoms with Gasteiger partial charge in [-0.25, -0.2) is 9.59 Å². The third kappa shape index (κ3) is 5.75. The van der Waals surface area contributed by atoms with Crippen LogP contribution in [0.25, 0.3) is 10.9 Å². The lowest BCUT2D eigenvalue weighted by molar-refractivity contribution is 0.0522. The number of hydrogen-bond acceptors (Lipinski definition) is 5. The van der Waals surface area contributed by atoms with E-state index in [4.69, 9.17) is 9.84 Å². The Hall–Kier alpha value is -3.48. The lowest BCUT2D eigenvalue weighted by Crippen LogP contribution is -2.32. The van der Waals surface area contributed by atoms with Crippen molar-refractivity contribution >= 4 is 23.0 Å². The highest BCUT2D eigenvalue weighted by molar-refractivity contribution is 5.87. The van der Waals surface area contributed by atoms with E-state index in [0.29, 0.717) is 12.1 Å². The summed E-state index contributed by atoms with van der Waals surface area (Å²) in [5.41, 5.74) is 2.91. The summed E-state index contributed by atoms with van der Waals surface area (Å²) in [4.78, 5) is 31.7. The van der Waals surface area contributed by atoms with Crippen molar-refractivity contribution < 1.29 is 19.4 Å². The molecule has 3 rings (SSSR count). The van der Waals surface area contributed by atoms with Crippen LogP contribution >= 0.6 is 0 Å². The molecule has 0 bridgehead atoms. The number of carbonyl (C=O) groups excluding carboxylic acids is 1. The second kappa shape index (κ2) is 8.26. The minimum Gasteiger partial charge on any atom is -0.478 e. The number of pyridine rings is 2. The van der Waals surface area contributed by atoms with Gasteiger partial charge in [0.25, 0.3) is 0 Å². The number of carbonyl (C=O) groups is 2. The topological polar surface area (TPSA) is 101 Å². The van der Waals surface area contributed by atoms with Crippen molar-refractivity contribution in [2.24, 2.45) is 0 Å². The highest BCUT2D eigenvalue weighted by Gasteiger charge is 2.15. The normalized spacial score (nSPS) is 11.3. The Morgan fingerprint density at radius 2 is 1.86 bits per heavy atom. The molecular weight excluding hydrogens is 370 g/mol. The van der Waals surface area contributed by atoms with Crippen LogP contribution in [0, 0.1) is 0 Å². The van der Waals surface area contributed by atoms with E-state index >= 15 is 0 Å². The Morgan fingerprint density at radius 1 is 1.07 bits per heavy atom. The van der Waals surface area contributed by atoms with Gasteiger partial charge < -0.3 is 15.2 Å². The van der Waals surface area contributed by atoms with Crippen molar-refractivity contribution in [3.63, 3.8) is 0 Å². The number of nitrogens with one attached hydrogen (secondary N) is 1. The molecule has 1 amide bonds. The van der Waals surface area contributed by atoms with Crippen LogP contribution in [0.1, 0.15) is 48.1 Å². The maximum Gasteiger partial charge on any atom is 0.407 e. The number of aromatic nitrogens is 2. The summed E-state index contributed by atoms with van der Waals surface area (Å²) >= 11 is 0. The number of carboxylic acid groups (broad SMARTS) is 1. The van der Waals surface area contributed by atoms with Gasteiger partial charge in [-0.05, 0) is 56.7 Å². The Labute approximate surface area is 168 Å². The molecule has 0 saturated heterocycles. The van der Waals surface area contributed by atoms with Crippen molar-refractivity contribution in [1.82, 2.24) is 15.3 Å². The second-order valence-electron chi connectivity index (χ2n) is 7.70. The summed E-state index contributed by atoms with van der Waals surface area (Å²) in [5, 5.41) is 12.8. The van der Waals surface area contributed by atoms with Gasteiger partial charge in [0.2, 0.25) is 0 Å². The zero-order chi connectivity index (χ0) is 21.0. The van der Waals surface area contributed by atoms with Gasteiger partial charge in [0, 0.05) is 23.7 Å². The molecule has 2 aromatic heterocycles. The number of amides is 1. The smallest absolute Gasteiger partial charge is 0.407 e.